The van der Waals surface area contributed by atoms with Crippen molar-refractivity contribution >= 4 is 34.8 Å². The van der Waals surface area contributed by atoms with Crippen LogP contribution in [0, 0.1) is 0 Å². The maximum atomic E-state index is 12.7. The van der Waals surface area contributed by atoms with Crippen molar-refractivity contribution in [1.29, 1.82) is 0 Å². The fourth-order valence-electron chi connectivity index (χ4n) is 3.79. The van der Waals surface area contributed by atoms with Crippen molar-refractivity contribution in [1.82, 2.24) is 9.80 Å². The molecule has 2 heterocycles. The summed E-state index contributed by atoms with van der Waals surface area (Å²) >= 11 is 6.17. The minimum absolute atomic E-state index is 0.148. The fraction of sp³-hybridized carbons (Fsp3) is 0.167. The van der Waals surface area contributed by atoms with Gasteiger partial charge in [0.15, 0.2) is 5.75 Å². The molecule has 1 saturated heterocycles. The molecule has 1 fully saturated rings. The quantitative estimate of drug-likeness (QED) is 0.562. The van der Waals surface area contributed by atoms with Gasteiger partial charge in [-0.15, -0.1) is 0 Å². The third kappa shape index (κ3) is 3.94. The van der Waals surface area contributed by atoms with Crippen molar-refractivity contribution in [3.05, 3.63) is 83.4 Å². The van der Waals surface area contributed by atoms with Gasteiger partial charge in [-0.05, 0) is 36.4 Å². The zero-order valence-corrected chi connectivity index (χ0v) is 17.5. The van der Waals surface area contributed by atoms with E-state index >= 15 is 0 Å². The number of benzene rings is 3. The number of urea groups is 1. The van der Waals surface area contributed by atoms with Crippen LogP contribution in [0.1, 0.15) is 5.56 Å². The van der Waals surface area contributed by atoms with Gasteiger partial charge in [-0.1, -0.05) is 48.0 Å². The van der Waals surface area contributed by atoms with Gasteiger partial charge in [0.25, 0.3) is 0 Å². The molecule has 3 aromatic rings. The van der Waals surface area contributed by atoms with Crippen LogP contribution in [0.15, 0.2) is 77.8 Å². The first kappa shape index (κ1) is 19.5. The molecular formula is C24H21ClN4O2. The Morgan fingerprint density at radius 3 is 2.35 bits per heavy atom. The fourth-order valence-corrected chi connectivity index (χ4v) is 3.97. The summed E-state index contributed by atoms with van der Waals surface area (Å²) in [5.74, 6) is 2.39. The van der Waals surface area contributed by atoms with Crippen LogP contribution in [-0.4, -0.2) is 47.8 Å². The number of carbonyl (C=O) groups is 1. The number of carbonyl (C=O) groups excluding carboxylic acids is 1. The number of rotatable bonds is 1. The van der Waals surface area contributed by atoms with E-state index in [2.05, 4.69) is 10.2 Å². The average molecular weight is 433 g/mol. The maximum Gasteiger partial charge on any atom is 0.322 e. The number of anilines is 1. The summed E-state index contributed by atoms with van der Waals surface area (Å²) in [4.78, 5) is 21.7. The molecule has 0 spiro atoms. The second-order valence-electron chi connectivity index (χ2n) is 7.39. The zero-order valence-electron chi connectivity index (χ0n) is 16.8. The first-order valence-corrected chi connectivity index (χ1v) is 10.6. The number of para-hydroxylation sites is 4. The van der Waals surface area contributed by atoms with Crippen LogP contribution in [0.4, 0.5) is 16.2 Å². The molecule has 31 heavy (non-hydrogen) atoms. The highest BCUT2D eigenvalue weighted by Gasteiger charge is 2.27. The smallest absolute Gasteiger partial charge is 0.322 e. The number of halogens is 1. The van der Waals surface area contributed by atoms with Crippen LogP contribution < -0.4 is 10.1 Å². The molecule has 3 aromatic carbocycles. The van der Waals surface area contributed by atoms with E-state index < -0.39 is 0 Å². The molecule has 0 bridgehead atoms. The van der Waals surface area contributed by atoms with Crippen molar-refractivity contribution in [2.75, 3.05) is 31.5 Å². The Labute approximate surface area is 185 Å². The lowest BCUT2D eigenvalue weighted by molar-refractivity contribution is 0.181. The van der Waals surface area contributed by atoms with Crippen LogP contribution in [0.25, 0.3) is 0 Å². The number of fused-ring (bicyclic) bond motifs is 2. The van der Waals surface area contributed by atoms with E-state index in [9.17, 15) is 4.79 Å². The third-order valence-electron chi connectivity index (χ3n) is 5.42. The third-order valence-corrected chi connectivity index (χ3v) is 5.75. The van der Waals surface area contributed by atoms with E-state index in [-0.39, 0.29) is 6.03 Å². The molecule has 0 aromatic heterocycles. The number of aliphatic imine (C=N–C) groups is 1. The maximum absolute atomic E-state index is 12.7. The molecule has 2 aliphatic rings. The number of nitrogens with one attached hydrogen (secondary N) is 1. The molecule has 1 N–H and O–H groups in total. The Morgan fingerprint density at radius 1 is 0.871 bits per heavy atom. The number of amidine groups is 1. The van der Waals surface area contributed by atoms with Crippen LogP contribution in [0.2, 0.25) is 5.02 Å². The monoisotopic (exact) mass is 432 g/mol. The van der Waals surface area contributed by atoms with Crippen LogP contribution in [0.3, 0.4) is 0 Å². The molecule has 0 radical (unpaired) electrons. The minimum atomic E-state index is -0.148. The summed E-state index contributed by atoms with van der Waals surface area (Å²) in [7, 11) is 0. The Kier molecular flexibility index (Phi) is 5.22. The Balaban J connectivity index is 1.35. The van der Waals surface area contributed by atoms with Crippen molar-refractivity contribution in [2.24, 2.45) is 4.99 Å². The summed E-state index contributed by atoms with van der Waals surface area (Å²) in [5.41, 5.74) is 2.37. The molecule has 0 unspecified atom stereocenters. The summed E-state index contributed by atoms with van der Waals surface area (Å²) in [5, 5.41) is 3.42. The van der Waals surface area contributed by atoms with E-state index in [0.717, 1.165) is 28.6 Å². The van der Waals surface area contributed by atoms with Crippen LogP contribution in [0.5, 0.6) is 11.5 Å². The van der Waals surface area contributed by atoms with Gasteiger partial charge < -0.3 is 19.9 Å². The SMILES string of the molecule is O=C(Nc1ccccc1Cl)N1CCN(C2=Nc3ccccc3Oc3ccccc32)CC1. The van der Waals surface area contributed by atoms with Gasteiger partial charge in [0.05, 0.1) is 16.3 Å². The molecule has 0 atom stereocenters. The lowest BCUT2D eigenvalue weighted by atomic mass is 10.1. The van der Waals surface area contributed by atoms with Gasteiger partial charge in [0.1, 0.15) is 17.3 Å². The molecule has 7 heteroatoms. The van der Waals surface area contributed by atoms with E-state index in [1.54, 1.807) is 17.0 Å². The molecule has 2 amide bonds. The standard InChI is InChI=1S/C24H21ClN4O2/c25-18-8-2-3-9-19(18)27-24(30)29-15-13-28(14-16-29)23-17-7-1-5-11-21(17)31-22-12-6-4-10-20(22)26-23/h1-12H,13-16H2,(H,27,30). The molecule has 6 nitrogen and oxygen atoms in total. The summed E-state index contributed by atoms with van der Waals surface area (Å²) in [6, 6.07) is 22.8. The topological polar surface area (TPSA) is 57.2 Å². The Bertz CT molecular complexity index is 1160. The molecule has 5 rings (SSSR count). The van der Waals surface area contributed by atoms with Gasteiger partial charge in [-0.2, -0.15) is 0 Å². The largest absolute Gasteiger partial charge is 0.454 e. The van der Waals surface area contributed by atoms with Crippen molar-refractivity contribution in [3.63, 3.8) is 0 Å². The zero-order chi connectivity index (χ0) is 21.2. The van der Waals surface area contributed by atoms with E-state index in [4.69, 9.17) is 21.3 Å². The highest BCUT2D eigenvalue weighted by molar-refractivity contribution is 6.33. The summed E-state index contributed by atoms with van der Waals surface area (Å²) in [6.45, 7) is 2.51. The molecule has 0 saturated carbocycles. The van der Waals surface area contributed by atoms with Gasteiger partial charge in [-0.25, -0.2) is 9.79 Å². The van der Waals surface area contributed by atoms with Crippen molar-refractivity contribution in [2.45, 2.75) is 0 Å². The predicted molar refractivity (Wildman–Crippen MR) is 123 cm³/mol. The number of nitrogens with zero attached hydrogens (tertiary/aromatic N) is 3. The summed E-state index contributed by atoms with van der Waals surface area (Å²) < 4.78 is 6.13. The van der Waals surface area contributed by atoms with E-state index in [1.807, 2.05) is 60.7 Å². The summed E-state index contributed by atoms with van der Waals surface area (Å²) in [6.07, 6.45) is 0. The molecule has 0 aliphatic carbocycles. The van der Waals surface area contributed by atoms with Crippen LogP contribution >= 0.6 is 11.6 Å². The number of ether oxygens (including phenoxy) is 1. The van der Waals surface area contributed by atoms with Gasteiger partial charge in [0, 0.05) is 26.2 Å². The first-order valence-electron chi connectivity index (χ1n) is 10.2. The number of hydrogen-bond acceptors (Lipinski definition) is 4. The highest BCUT2D eigenvalue weighted by atomic mass is 35.5. The predicted octanol–water partition coefficient (Wildman–Crippen LogP) is 5.37. The molecule has 2 aliphatic heterocycles. The molecule has 156 valence electrons. The van der Waals surface area contributed by atoms with Gasteiger partial charge in [-0.3, -0.25) is 0 Å². The number of hydrogen-bond donors (Lipinski definition) is 1. The van der Waals surface area contributed by atoms with Crippen LogP contribution in [-0.2, 0) is 0 Å². The number of piperazine rings is 1. The van der Waals surface area contributed by atoms with Crippen molar-refractivity contribution in [3.8, 4) is 11.5 Å². The van der Waals surface area contributed by atoms with E-state index in [0.29, 0.717) is 36.9 Å². The Morgan fingerprint density at radius 2 is 1.55 bits per heavy atom. The lowest BCUT2D eigenvalue weighted by Gasteiger charge is -2.36. The normalized spacial score (nSPS) is 15.2. The Hall–Kier alpha value is -3.51. The van der Waals surface area contributed by atoms with Crippen molar-refractivity contribution < 1.29 is 9.53 Å². The first-order chi connectivity index (χ1) is 15.2. The highest BCUT2D eigenvalue weighted by Crippen LogP contribution is 2.37. The second kappa shape index (κ2) is 8.32. The number of amides is 2. The van der Waals surface area contributed by atoms with Gasteiger partial charge in [0.2, 0.25) is 0 Å². The van der Waals surface area contributed by atoms with Gasteiger partial charge >= 0.3 is 6.03 Å². The second-order valence-corrected chi connectivity index (χ2v) is 7.79. The lowest BCUT2D eigenvalue weighted by Crippen LogP contribution is -2.51. The molecular weight excluding hydrogens is 412 g/mol. The van der Waals surface area contributed by atoms with E-state index in [1.165, 1.54) is 0 Å². The average Bonchev–Trinajstić information content (AvgIpc) is 2.97. The minimum Gasteiger partial charge on any atom is -0.454 e.